The van der Waals surface area contributed by atoms with Gasteiger partial charge in [-0.15, -0.1) is 0 Å². The van der Waals surface area contributed by atoms with Gasteiger partial charge >= 0.3 is 12.1 Å². The largest absolute Gasteiger partial charge is 0.452 e. The van der Waals surface area contributed by atoms with E-state index in [-0.39, 0.29) is 16.6 Å². The SMILES string of the molecule is CC1Cc2cc(C(=O)OCC(=O)Nc3ccc(Cl)cc3C(F)(F)F)ccc2N1S(C)(=O)=O. The average Bonchev–Trinajstić information content (AvgIpc) is 3.01. The molecule has 0 spiro atoms. The van der Waals surface area contributed by atoms with Gasteiger partial charge in [0.1, 0.15) is 0 Å². The van der Waals surface area contributed by atoms with Crippen molar-refractivity contribution in [3.05, 3.63) is 58.1 Å². The van der Waals surface area contributed by atoms with Gasteiger partial charge in [0, 0.05) is 11.1 Å². The second-order valence-corrected chi connectivity index (χ2v) is 9.56. The molecule has 1 N–H and O–H groups in total. The molecule has 1 atom stereocenters. The topological polar surface area (TPSA) is 92.8 Å². The quantitative estimate of drug-likeness (QED) is 0.642. The maximum Gasteiger partial charge on any atom is 0.418 e. The molecule has 1 amide bonds. The normalized spacial score (nSPS) is 15.9. The number of carbonyl (C=O) groups is 2. The molecule has 3 rings (SSSR count). The molecule has 0 bridgehead atoms. The molecule has 32 heavy (non-hydrogen) atoms. The fraction of sp³-hybridized carbons (Fsp3) is 0.300. The minimum absolute atomic E-state index is 0.0848. The monoisotopic (exact) mass is 490 g/mol. The highest BCUT2D eigenvalue weighted by molar-refractivity contribution is 7.92. The first-order valence-corrected chi connectivity index (χ1v) is 11.5. The lowest BCUT2D eigenvalue weighted by atomic mass is 10.1. The molecule has 1 heterocycles. The molecule has 0 saturated heterocycles. The Hall–Kier alpha value is -2.79. The maximum absolute atomic E-state index is 13.1. The summed E-state index contributed by atoms with van der Waals surface area (Å²) in [5, 5.41) is 1.90. The lowest BCUT2D eigenvalue weighted by Gasteiger charge is -2.21. The number of alkyl halides is 3. The molecular formula is C20H18ClF3N2O5S. The number of sulfonamides is 1. The van der Waals surface area contributed by atoms with Gasteiger partial charge in [-0.1, -0.05) is 11.6 Å². The standard InChI is InChI=1S/C20H18ClF3N2O5S/c1-11-7-13-8-12(3-6-17(13)26(11)32(2,29)30)19(28)31-10-18(27)25-16-5-4-14(21)9-15(16)20(22,23)24/h3-6,8-9,11H,7,10H2,1-2H3,(H,25,27). The molecular weight excluding hydrogens is 473 g/mol. The zero-order valence-corrected chi connectivity index (χ0v) is 18.4. The Balaban J connectivity index is 1.68. The Morgan fingerprint density at radius 2 is 1.91 bits per heavy atom. The molecule has 2 aromatic rings. The van der Waals surface area contributed by atoms with Crippen molar-refractivity contribution in [3.63, 3.8) is 0 Å². The number of nitrogens with zero attached hydrogens (tertiary/aromatic N) is 1. The zero-order chi connectivity index (χ0) is 23.8. The molecule has 0 saturated carbocycles. The van der Waals surface area contributed by atoms with Crippen LogP contribution in [-0.2, 0) is 32.2 Å². The minimum atomic E-state index is -4.74. The van der Waals surface area contributed by atoms with Gasteiger partial charge in [-0.05, 0) is 55.3 Å². The molecule has 0 fully saturated rings. The molecule has 2 aromatic carbocycles. The fourth-order valence-electron chi connectivity index (χ4n) is 3.50. The van der Waals surface area contributed by atoms with Crippen LogP contribution in [0.5, 0.6) is 0 Å². The van der Waals surface area contributed by atoms with Gasteiger partial charge in [0.05, 0.1) is 28.8 Å². The summed E-state index contributed by atoms with van der Waals surface area (Å²) in [5.74, 6) is -1.84. The van der Waals surface area contributed by atoms with E-state index < -0.39 is 45.9 Å². The van der Waals surface area contributed by atoms with E-state index in [2.05, 4.69) is 5.32 Å². The van der Waals surface area contributed by atoms with E-state index in [1.54, 1.807) is 6.92 Å². The smallest absolute Gasteiger partial charge is 0.418 e. The van der Waals surface area contributed by atoms with Crippen LogP contribution in [0.1, 0.15) is 28.4 Å². The number of hydrogen-bond acceptors (Lipinski definition) is 5. The summed E-state index contributed by atoms with van der Waals surface area (Å²) in [5.41, 5.74) is -0.487. The van der Waals surface area contributed by atoms with Crippen LogP contribution >= 0.6 is 11.6 Å². The summed E-state index contributed by atoms with van der Waals surface area (Å²) in [6, 6.07) is 6.84. The molecule has 1 aliphatic heterocycles. The number of hydrogen-bond donors (Lipinski definition) is 1. The molecule has 172 valence electrons. The first-order chi connectivity index (χ1) is 14.8. The van der Waals surface area contributed by atoms with Crippen LogP contribution in [0.3, 0.4) is 0 Å². The van der Waals surface area contributed by atoms with Gasteiger partial charge in [-0.2, -0.15) is 13.2 Å². The first kappa shape index (κ1) is 23.9. The molecule has 1 aliphatic rings. The molecule has 0 aromatic heterocycles. The van der Waals surface area contributed by atoms with Gasteiger partial charge in [-0.25, -0.2) is 13.2 Å². The molecule has 7 nitrogen and oxygen atoms in total. The van der Waals surface area contributed by atoms with Gasteiger partial charge in [0.15, 0.2) is 6.61 Å². The van der Waals surface area contributed by atoms with E-state index in [4.69, 9.17) is 16.3 Å². The average molecular weight is 491 g/mol. The summed E-state index contributed by atoms with van der Waals surface area (Å²) in [7, 11) is -3.49. The summed E-state index contributed by atoms with van der Waals surface area (Å²) < 4.78 is 69.4. The van der Waals surface area contributed by atoms with E-state index >= 15 is 0 Å². The molecule has 1 unspecified atom stereocenters. The van der Waals surface area contributed by atoms with E-state index in [9.17, 15) is 31.2 Å². The third-order valence-corrected chi connectivity index (χ3v) is 6.23. The van der Waals surface area contributed by atoms with Crippen molar-refractivity contribution < 1.29 is 35.9 Å². The van der Waals surface area contributed by atoms with Crippen molar-refractivity contribution in [3.8, 4) is 0 Å². The number of amides is 1. The highest BCUT2D eigenvalue weighted by Gasteiger charge is 2.35. The van der Waals surface area contributed by atoms with Gasteiger partial charge < -0.3 is 10.1 Å². The predicted molar refractivity (Wildman–Crippen MR) is 112 cm³/mol. The lowest BCUT2D eigenvalue weighted by molar-refractivity contribution is -0.137. The Bertz CT molecular complexity index is 1180. The number of esters is 1. The van der Waals surface area contributed by atoms with E-state index in [1.807, 2.05) is 0 Å². The van der Waals surface area contributed by atoms with Gasteiger partial charge in [-0.3, -0.25) is 9.10 Å². The number of fused-ring (bicyclic) bond motifs is 1. The Morgan fingerprint density at radius 3 is 2.53 bits per heavy atom. The molecule has 0 aliphatic carbocycles. The van der Waals surface area contributed by atoms with Crippen LogP contribution in [0.25, 0.3) is 0 Å². The molecule has 12 heteroatoms. The van der Waals surface area contributed by atoms with Gasteiger partial charge in [0.2, 0.25) is 10.0 Å². The van der Waals surface area contributed by atoms with Crippen LogP contribution < -0.4 is 9.62 Å². The third kappa shape index (κ3) is 5.16. The highest BCUT2D eigenvalue weighted by Crippen LogP contribution is 2.37. The van der Waals surface area contributed by atoms with Gasteiger partial charge in [0.25, 0.3) is 5.91 Å². The fourth-order valence-corrected chi connectivity index (χ4v) is 4.93. The summed E-state index contributed by atoms with van der Waals surface area (Å²) in [6.45, 7) is 0.914. The number of anilines is 2. The van der Waals surface area contributed by atoms with Crippen molar-refractivity contribution in [1.29, 1.82) is 0 Å². The maximum atomic E-state index is 13.1. The number of carbonyl (C=O) groups excluding carboxylic acids is 2. The summed E-state index contributed by atoms with van der Waals surface area (Å²) in [4.78, 5) is 24.3. The number of rotatable bonds is 5. The summed E-state index contributed by atoms with van der Waals surface area (Å²) in [6.07, 6.45) is -3.27. The number of halogens is 4. The predicted octanol–water partition coefficient (Wildman–Crippen LogP) is 3.86. The third-order valence-electron chi connectivity index (χ3n) is 4.72. The second kappa shape index (κ2) is 8.62. The Labute approximate surface area is 187 Å². The lowest BCUT2D eigenvalue weighted by Crippen LogP contribution is -2.34. The van der Waals surface area contributed by atoms with E-state index in [1.165, 1.54) is 28.6 Å². The van der Waals surface area contributed by atoms with Crippen LogP contribution in [0.4, 0.5) is 24.5 Å². The number of nitrogens with one attached hydrogen (secondary N) is 1. The Kier molecular flexibility index (Phi) is 6.43. The van der Waals surface area contributed by atoms with Crippen molar-refractivity contribution in [2.45, 2.75) is 25.6 Å². The first-order valence-electron chi connectivity index (χ1n) is 9.23. The molecule has 0 radical (unpaired) electrons. The van der Waals surface area contributed by atoms with Crippen molar-refractivity contribution >= 4 is 44.9 Å². The minimum Gasteiger partial charge on any atom is -0.452 e. The summed E-state index contributed by atoms with van der Waals surface area (Å²) >= 11 is 5.59. The van der Waals surface area contributed by atoms with E-state index in [0.717, 1.165) is 12.3 Å². The van der Waals surface area contributed by atoms with Crippen molar-refractivity contribution in [2.24, 2.45) is 0 Å². The van der Waals surface area contributed by atoms with Crippen molar-refractivity contribution in [2.75, 3.05) is 22.5 Å². The number of ether oxygens (including phenoxy) is 1. The zero-order valence-electron chi connectivity index (χ0n) is 16.9. The van der Waals surface area contributed by atoms with Crippen LogP contribution in [0, 0.1) is 0 Å². The van der Waals surface area contributed by atoms with E-state index in [0.29, 0.717) is 23.7 Å². The van der Waals surface area contributed by atoms with Crippen LogP contribution in [0.2, 0.25) is 5.02 Å². The highest BCUT2D eigenvalue weighted by atomic mass is 35.5. The van der Waals surface area contributed by atoms with Crippen molar-refractivity contribution in [1.82, 2.24) is 0 Å². The van der Waals surface area contributed by atoms with Crippen LogP contribution in [0.15, 0.2) is 36.4 Å². The van der Waals surface area contributed by atoms with Crippen LogP contribution in [-0.4, -0.2) is 39.2 Å². The number of benzene rings is 2. The Morgan fingerprint density at radius 1 is 1.22 bits per heavy atom. The second-order valence-electron chi connectivity index (χ2n) is 7.27.